The predicted octanol–water partition coefficient (Wildman–Crippen LogP) is 4.14. The highest BCUT2D eigenvalue weighted by Crippen LogP contribution is 2.30. The number of ether oxygens (including phenoxy) is 1. The monoisotopic (exact) mass is 443 g/mol. The number of aromatic amines is 1. The summed E-state index contributed by atoms with van der Waals surface area (Å²) in [4.78, 5) is 23.5. The fraction of sp³-hybridized carbons (Fsp3) is 0.500. The second-order valence-corrected chi connectivity index (χ2v) is 9.74. The molecule has 0 aliphatic rings. The van der Waals surface area contributed by atoms with Gasteiger partial charge in [0.2, 0.25) is 0 Å². The van der Waals surface area contributed by atoms with Crippen molar-refractivity contribution in [2.75, 3.05) is 26.3 Å². The van der Waals surface area contributed by atoms with Crippen molar-refractivity contribution in [1.29, 1.82) is 0 Å². The van der Waals surface area contributed by atoms with E-state index >= 15 is 0 Å². The molecule has 2 aromatic heterocycles. The van der Waals surface area contributed by atoms with E-state index in [0.29, 0.717) is 49.3 Å². The third-order valence-electron chi connectivity index (χ3n) is 4.80. The van der Waals surface area contributed by atoms with Gasteiger partial charge in [-0.15, -0.1) is 11.3 Å². The maximum absolute atomic E-state index is 12.9. The van der Waals surface area contributed by atoms with Gasteiger partial charge in [-0.2, -0.15) is 0 Å². The van der Waals surface area contributed by atoms with Crippen molar-refractivity contribution in [3.63, 3.8) is 0 Å². The molecule has 0 aliphatic carbocycles. The first-order valence-electron chi connectivity index (χ1n) is 10.9. The van der Waals surface area contributed by atoms with Crippen LogP contribution in [0, 0.1) is 11.8 Å². The molecule has 0 saturated carbocycles. The van der Waals surface area contributed by atoms with E-state index in [0.717, 1.165) is 22.5 Å². The number of nitrogens with zero attached hydrogens (tertiary/aromatic N) is 2. The number of rotatable bonds is 11. The van der Waals surface area contributed by atoms with Gasteiger partial charge in [-0.25, -0.2) is 4.98 Å². The Kier molecular flexibility index (Phi) is 8.37. The Bertz CT molecular complexity index is 1010. The second kappa shape index (κ2) is 11.0. The molecule has 3 aromatic rings. The van der Waals surface area contributed by atoms with E-state index in [1.165, 1.54) is 11.3 Å². The number of thiophene rings is 1. The number of hydrogen-bond donors (Lipinski definition) is 2. The summed E-state index contributed by atoms with van der Waals surface area (Å²) in [5.74, 6) is 1.48. The molecule has 1 aromatic carbocycles. The number of hydrogen-bond acceptors (Lipinski definition) is 6. The highest BCUT2D eigenvalue weighted by molar-refractivity contribution is 7.17. The highest BCUT2D eigenvalue weighted by atomic mass is 32.1. The number of benzene rings is 1. The van der Waals surface area contributed by atoms with E-state index in [1.54, 1.807) is 0 Å². The fourth-order valence-corrected chi connectivity index (χ4v) is 4.59. The Morgan fingerprint density at radius 3 is 2.52 bits per heavy atom. The lowest BCUT2D eigenvalue weighted by Crippen LogP contribution is -2.37. The van der Waals surface area contributed by atoms with Crippen LogP contribution in [0.4, 0.5) is 0 Å². The summed E-state index contributed by atoms with van der Waals surface area (Å²) in [7, 11) is 0. The topological polar surface area (TPSA) is 78.5 Å². The lowest BCUT2D eigenvalue weighted by atomic mass is 10.1. The Hall–Kier alpha value is -2.06. The summed E-state index contributed by atoms with van der Waals surface area (Å²) in [6.45, 7) is 11.1. The van der Waals surface area contributed by atoms with E-state index in [9.17, 15) is 9.90 Å². The lowest BCUT2D eigenvalue weighted by Gasteiger charge is -2.26. The summed E-state index contributed by atoms with van der Waals surface area (Å²) in [6.07, 6.45) is -0.584. The summed E-state index contributed by atoms with van der Waals surface area (Å²) in [6, 6.07) is 9.90. The Balaban J connectivity index is 1.76. The second-order valence-electron chi connectivity index (χ2n) is 8.88. The highest BCUT2D eigenvalue weighted by Gasteiger charge is 2.18. The van der Waals surface area contributed by atoms with Crippen molar-refractivity contribution in [3.05, 3.63) is 51.9 Å². The smallest absolute Gasteiger partial charge is 0.260 e. The van der Waals surface area contributed by atoms with Crippen LogP contribution in [0.25, 0.3) is 21.3 Å². The number of aliphatic hydroxyl groups is 1. The molecule has 0 bridgehead atoms. The minimum absolute atomic E-state index is 0.120. The molecule has 7 heteroatoms. The molecule has 0 saturated heterocycles. The van der Waals surface area contributed by atoms with Gasteiger partial charge in [0.1, 0.15) is 10.7 Å². The third-order valence-corrected chi connectivity index (χ3v) is 5.68. The summed E-state index contributed by atoms with van der Waals surface area (Å²) >= 11 is 1.49. The van der Waals surface area contributed by atoms with Gasteiger partial charge in [0.05, 0.1) is 24.6 Å². The van der Waals surface area contributed by atoms with E-state index in [-0.39, 0.29) is 5.56 Å². The van der Waals surface area contributed by atoms with E-state index in [4.69, 9.17) is 9.72 Å². The molecule has 31 heavy (non-hydrogen) atoms. The zero-order valence-corrected chi connectivity index (χ0v) is 19.6. The van der Waals surface area contributed by atoms with Gasteiger partial charge in [-0.3, -0.25) is 9.69 Å². The van der Waals surface area contributed by atoms with E-state index in [1.807, 2.05) is 35.7 Å². The zero-order chi connectivity index (χ0) is 22.4. The van der Waals surface area contributed by atoms with Gasteiger partial charge >= 0.3 is 0 Å². The van der Waals surface area contributed by atoms with Crippen LogP contribution in [0.15, 0.2) is 40.5 Å². The van der Waals surface area contributed by atoms with Gasteiger partial charge in [-0.05, 0) is 17.4 Å². The lowest BCUT2D eigenvalue weighted by molar-refractivity contribution is 0.00485. The molecule has 0 spiro atoms. The first kappa shape index (κ1) is 23.6. The molecule has 0 radical (unpaired) electrons. The largest absolute Gasteiger partial charge is 0.389 e. The van der Waals surface area contributed by atoms with E-state index < -0.39 is 6.10 Å². The van der Waals surface area contributed by atoms with Gasteiger partial charge < -0.3 is 14.8 Å². The Morgan fingerprint density at radius 1 is 1.10 bits per heavy atom. The molecular formula is C24H33N3O3S. The van der Waals surface area contributed by atoms with Crippen LogP contribution in [0.3, 0.4) is 0 Å². The average molecular weight is 444 g/mol. The summed E-state index contributed by atoms with van der Waals surface area (Å²) in [5.41, 5.74) is 1.81. The van der Waals surface area contributed by atoms with Gasteiger partial charge in [0, 0.05) is 30.6 Å². The zero-order valence-electron chi connectivity index (χ0n) is 18.8. The Labute approximate surface area is 187 Å². The quantitative estimate of drug-likeness (QED) is 0.466. The van der Waals surface area contributed by atoms with Crippen LogP contribution in [-0.4, -0.2) is 52.4 Å². The molecule has 6 nitrogen and oxygen atoms in total. The first-order valence-corrected chi connectivity index (χ1v) is 11.8. The number of fused-ring (bicyclic) bond motifs is 1. The molecule has 0 aliphatic heterocycles. The van der Waals surface area contributed by atoms with Gasteiger partial charge in [-0.1, -0.05) is 58.0 Å². The number of aromatic nitrogens is 2. The van der Waals surface area contributed by atoms with E-state index in [2.05, 4.69) is 37.6 Å². The molecule has 168 valence electrons. The van der Waals surface area contributed by atoms with Crippen LogP contribution < -0.4 is 5.56 Å². The average Bonchev–Trinajstić information content (AvgIpc) is 3.12. The van der Waals surface area contributed by atoms with Crippen LogP contribution in [0.1, 0.15) is 33.5 Å². The maximum Gasteiger partial charge on any atom is 0.260 e. The van der Waals surface area contributed by atoms with Crippen molar-refractivity contribution in [2.24, 2.45) is 11.8 Å². The van der Waals surface area contributed by atoms with Crippen molar-refractivity contribution < 1.29 is 9.84 Å². The molecule has 2 N–H and O–H groups in total. The summed E-state index contributed by atoms with van der Waals surface area (Å²) < 4.78 is 5.59. The van der Waals surface area contributed by atoms with Crippen molar-refractivity contribution in [1.82, 2.24) is 14.9 Å². The summed E-state index contributed by atoms with van der Waals surface area (Å²) in [5, 5.41) is 13.1. The normalized spacial score (nSPS) is 13.0. The molecule has 3 rings (SSSR count). The van der Waals surface area contributed by atoms with Crippen LogP contribution in [-0.2, 0) is 11.3 Å². The van der Waals surface area contributed by atoms with Gasteiger partial charge in [0.15, 0.2) is 0 Å². The fourth-order valence-electron chi connectivity index (χ4n) is 3.62. The SMILES string of the molecule is CC(C)COCC(O)CN(Cc1nc2scc(-c3ccccc3)c2c(=O)[nH]1)CC(C)C. The molecule has 1 unspecified atom stereocenters. The molecule has 2 heterocycles. The Morgan fingerprint density at radius 2 is 1.84 bits per heavy atom. The van der Waals surface area contributed by atoms with Gasteiger partial charge in [0.25, 0.3) is 5.56 Å². The number of H-pyrrole nitrogens is 1. The van der Waals surface area contributed by atoms with Crippen LogP contribution in [0.5, 0.6) is 0 Å². The first-order chi connectivity index (χ1) is 14.8. The van der Waals surface area contributed by atoms with Crippen LogP contribution in [0.2, 0.25) is 0 Å². The number of aliphatic hydroxyl groups excluding tert-OH is 1. The molecule has 0 amide bonds. The predicted molar refractivity (Wildman–Crippen MR) is 127 cm³/mol. The van der Waals surface area contributed by atoms with Crippen LogP contribution >= 0.6 is 11.3 Å². The minimum atomic E-state index is -0.584. The minimum Gasteiger partial charge on any atom is -0.389 e. The molecule has 1 atom stereocenters. The van der Waals surface area contributed by atoms with Crippen molar-refractivity contribution in [3.8, 4) is 11.1 Å². The van der Waals surface area contributed by atoms with Crippen molar-refractivity contribution >= 4 is 21.6 Å². The third kappa shape index (κ3) is 6.71. The molecular weight excluding hydrogens is 410 g/mol. The standard InChI is InChI=1S/C24H33N3O3S/c1-16(2)10-27(11-19(28)14-30-13-17(3)4)12-21-25-23(29)22-20(15-31-24(22)26-21)18-8-6-5-7-9-18/h5-9,15-17,19,28H,10-14H2,1-4H3,(H,25,26,29). The van der Waals surface area contributed by atoms with Crippen molar-refractivity contribution in [2.45, 2.75) is 40.3 Å². The molecule has 0 fully saturated rings. The number of nitrogens with one attached hydrogen (secondary N) is 1. The maximum atomic E-state index is 12.9.